The molecular formula is C9H19N. The van der Waals surface area contributed by atoms with Crippen LogP contribution >= 0.6 is 0 Å². The van der Waals surface area contributed by atoms with Crippen LogP contribution in [0.1, 0.15) is 46.0 Å². The van der Waals surface area contributed by atoms with Crippen LogP contribution in [0.25, 0.3) is 0 Å². The summed E-state index contributed by atoms with van der Waals surface area (Å²) in [6.07, 6.45) is 8.61. The molecular weight excluding hydrogens is 122 g/mol. The lowest BCUT2D eigenvalue weighted by atomic mass is 10.2. The predicted molar refractivity (Wildman–Crippen MR) is 47.8 cm³/mol. The first kappa shape index (κ1) is 9.67. The summed E-state index contributed by atoms with van der Waals surface area (Å²) in [7, 11) is 0. The van der Waals surface area contributed by atoms with Crippen LogP contribution in [0, 0.1) is 0 Å². The van der Waals surface area contributed by atoms with E-state index in [2.05, 4.69) is 25.1 Å². The highest BCUT2D eigenvalue weighted by Gasteiger charge is 1.83. The Morgan fingerprint density at radius 2 is 1.90 bits per heavy atom. The minimum atomic E-state index is 0.938. The molecule has 0 aliphatic carbocycles. The van der Waals surface area contributed by atoms with Gasteiger partial charge < -0.3 is 0 Å². The molecule has 0 saturated heterocycles. The monoisotopic (exact) mass is 141 g/mol. The van der Waals surface area contributed by atoms with Crippen LogP contribution in [-0.2, 0) is 0 Å². The van der Waals surface area contributed by atoms with Gasteiger partial charge in [-0.1, -0.05) is 26.2 Å². The molecule has 0 amide bonds. The fourth-order valence-corrected chi connectivity index (χ4v) is 0.883. The smallest absolute Gasteiger partial charge is 0.0357 e. The van der Waals surface area contributed by atoms with Gasteiger partial charge in [0.1, 0.15) is 0 Å². The number of hydrogen-bond acceptors (Lipinski definition) is 1. The molecule has 1 nitrogen and oxygen atoms in total. The summed E-state index contributed by atoms with van der Waals surface area (Å²) in [6, 6.07) is 0. The van der Waals surface area contributed by atoms with Crippen molar-refractivity contribution in [2.75, 3.05) is 6.54 Å². The molecule has 0 atom stereocenters. The van der Waals surface area contributed by atoms with Gasteiger partial charge in [-0.2, -0.15) is 0 Å². The van der Waals surface area contributed by atoms with E-state index in [-0.39, 0.29) is 0 Å². The zero-order valence-corrected chi connectivity index (χ0v) is 7.27. The molecule has 0 unspecified atom stereocenters. The Hall–Kier alpha value is -0.330. The molecule has 0 aliphatic heterocycles. The van der Waals surface area contributed by atoms with E-state index < -0.39 is 0 Å². The highest BCUT2D eigenvalue weighted by Crippen LogP contribution is 2.00. The number of aliphatic imine (C=N–C) groups is 1. The van der Waals surface area contributed by atoms with Crippen molar-refractivity contribution < 1.29 is 0 Å². The summed E-state index contributed by atoms with van der Waals surface area (Å²) in [5, 5.41) is 0. The SMILES string of the molecule is CCCCCCC=NCC. The summed E-state index contributed by atoms with van der Waals surface area (Å²) in [6.45, 7) is 5.25. The zero-order valence-electron chi connectivity index (χ0n) is 7.27. The fourth-order valence-electron chi connectivity index (χ4n) is 0.883. The van der Waals surface area contributed by atoms with Gasteiger partial charge in [0, 0.05) is 6.54 Å². The van der Waals surface area contributed by atoms with Gasteiger partial charge in [0.25, 0.3) is 0 Å². The third-order valence-corrected chi connectivity index (χ3v) is 1.50. The number of nitrogens with zero attached hydrogens (tertiary/aromatic N) is 1. The second kappa shape index (κ2) is 8.67. The van der Waals surface area contributed by atoms with Crippen LogP contribution in [0.3, 0.4) is 0 Å². The third-order valence-electron chi connectivity index (χ3n) is 1.50. The van der Waals surface area contributed by atoms with E-state index in [0.29, 0.717) is 0 Å². The van der Waals surface area contributed by atoms with Gasteiger partial charge in [0.05, 0.1) is 0 Å². The van der Waals surface area contributed by atoms with Gasteiger partial charge >= 0.3 is 0 Å². The molecule has 0 N–H and O–H groups in total. The normalized spacial score (nSPS) is 11.0. The van der Waals surface area contributed by atoms with Crippen molar-refractivity contribution in [1.29, 1.82) is 0 Å². The van der Waals surface area contributed by atoms with Crippen molar-refractivity contribution in [1.82, 2.24) is 0 Å². The van der Waals surface area contributed by atoms with E-state index in [1.165, 1.54) is 32.1 Å². The molecule has 0 bridgehead atoms. The maximum absolute atomic E-state index is 4.14. The maximum atomic E-state index is 4.14. The second-order valence-corrected chi connectivity index (χ2v) is 2.53. The van der Waals surface area contributed by atoms with Crippen LogP contribution in [-0.4, -0.2) is 12.8 Å². The highest BCUT2D eigenvalue weighted by molar-refractivity contribution is 5.56. The van der Waals surface area contributed by atoms with Crippen molar-refractivity contribution in [3.05, 3.63) is 0 Å². The molecule has 0 aromatic carbocycles. The van der Waals surface area contributed by atoms with Gasteiger partial charge in [-0.05, 0) is 26.0 Å². The third kappa shape index (κ3) is 7.67. The predicted octanol–water partition coefficient (Wildman–Crippen LogP) is 3.05. The molecule has 0 fully saturated rings. The highest BCUT2D eigenvalue weighted by atomic mass is 14.7. The minimum absolute atomic E-state index is 0.938. The fraction of sp³-hybridized carbons (Fsp3) is 0.889. The van der Waals surface area contributed by atoms with Gasteiger partial charge in [0.2, 0.25) is 0 Å². The second-order valence-electron chi connectivity index (χ2n) is 2.53. The van der Waals surface area contributed by atoms with Gasteiger partial charge in [0.15, 0.2) is 0 Å². The lowest BCUT2D eigenvalue weighted by molar-refractivity contribution is 0.685. The van der Waals surface area contributed by atoms with E-state index >= 15 is 0 Å². The number of hydrogen-bond donors (Lipinski definition) is 0. The number of rotatable bonds is 6. The minimum Gasteiger partial charge on any atom is -0.298 e. The molecule has 1 heteroatoms. The van der Waals surface area contributed by atoms with E-state index in [0.717, 1.165) is 6.54 Å². The van der Waals surface area contributed by atoms with Crippen molar-refractivity contribution in [2.45, 2.75) is 46.0 Å². The maximum Gasteiger partial charge on any atom is 0.0357 e. The molecule has 0 aromatic heterocycles. The van der Waals surface area contributed by atoms with E-state index in [1.54, 1.807) is 0 Å². The Morgan fingerprint density at radius 3 is 2.50 bits per heavy atom. The molecule has 0 aromatic rings. The van der Waals surface area contributed by atoms with Crippen molar-refractivity contribution >= 4 is 6.21 Å². The Bertz CT molecular complexity index is 76.8. The average molecular weight is 141 g/mol. The summed E-state index contributed by atoms with van der Waals surface area (Å²) in [5.74, 6) is 0. The van der Waals surface area contributed by atoms with Gasteiger partial charge in [-0.25, -0.2) is 0 Å². The molecule has 0 heterocycles. The Kier molecular flexibility index (Phi) is 8.38. The Labute approximate surface area is 64.6 Å². The summed E-state index contributed by atoms with van der Waals surface area (Å²) in [4.78, 5) is 4.14. The van der Waals surface area contributed by atoms with E-state index in [1.807, 2.05) is 0 Å². The quantitative estimate of drug-likeness (QED) is 0.398. The lowest BCUT2D eigenvalue weighted by Crippen LogP contribution is -1.79. The van der Waals surface area contributed by atoms with E-state index in [4.69, 9.17) is 0 Å². The summed E-state index contributed by atoms with van der Waals surface area (Å²) < 4.78 is 0. The molecule has 0 saturated carbocycles. The van der Waals surface area contributed by atoms with Gasteiger partial charge in [-0.3, -0.25) is 4.99 Å². The first-order valence-electron chi connectivity index (χ1n) is 4.40. The standard InChI is InChI=1S/C9H19N/c1-3-5-6-7-8-9-10-4-2/h9H,3-8H2,1-2H3. The van der Waals surface area contributed by atoms with Crippen LogP contribution in [0.2, 0.25) is 0 Å². The molecule has 0 spiro atoms. The summed E-state index contributed by atoms with van der Waals surface area (Å²) >= 11 is 0. The van der Waals surface area contributed by atoms with Crippen LogP contribution in [0.5, 0.6) is 0 Å². The summed E-state index contributed by atoms with van der Waals surface area (Å²) in [5.41, 5.74) is 0. The largest absolute Gasteiger partial charge is 0.298 e. The molecule has 10 heavy (non-hydrogen) atoms. The molecule has 60 valence electrons. The molecule has 0 aliphatic rings. The first-order chi connectivity index (χ1) is 4.91. The van der Waals surface area contributed by atoms with Crippen molar-refractivity contribution in [2.24, 2.45) is 4.99 Å². The van der Waals surface area contributed by atoms with Crippen LogP contribution in [0.4, 0.5) is 0 Å². The van der Waals surface area contributed by atoms with Crippen LogP contribution < -0.4 is 0 Å². The lowest BCUT2D eigenvalue weighted by Gasteiger charge is -1.92. The first-order valence-corrected chi connectivity index (χ1v) is 4.40. The molecule has 0 radical (unpaired) electrons. The van der Waals surface area contributed by atoms with E-state index in [9.17, 15) is 0 Å². The van der Waals surface area contributed by atoms with Gasteiger partial charge in [-0.15, -0.1) is 0 Å². The molecule has 0 rings (SSSR count). The van der Waals surface area contributed by atoms with Crippen LogP contribution in [0.15, 0.2) is 4.99 Å². The average Bonchev–Trinajstić information content (AvgIpc) is 1.97. The number of unbranched alkanes of at least 4 members (excludes halogenated alkanes) is 4. The topological polar surface area (TPSA) is 12.4 Å². The zero-order chi connectivity index (χ0) is 7.66. The Morgan fingerprint density at radius 1 is 1.10 bits per heavy atom. The van der Waals surface area contributed by atoms with Crippen molar-refractivity contribution in [3.8, 4) is 0 Å². The Balaban J connectivity index is 2.83. The van der Waals surface area contributed by atoms with Crippen molar-refractivity contribution in [3.63, 3.8) is 0 Å².